The number of aromatic carboxylic acids is 1. The summed E-state index contributed by atoms with van der Waals surface area (Å²) in [6, 6.07) is 4.70. The molecule has 1 rings (SSSR count). The molecule has 0 aliphatic rings. The first-order valence-electron chi connectivity index (χ1n) is 5.55. The minimum atomic E-state index is -0.989. The van der Waals surface area contributed by atoms with E-state index in [1.165, 1.54) is 12.1 Å². The fourth-order valence-electron chi connectivity index (χ4n) is 1.22. The molecule has 94 valence electrons. The fraction of sp³-hybridized carbons (Fsp3) is 0.462. The summed E-state index contributed by atoms with van der Waals surface area (Å²) in [6.45, 7) is 5.53. The maximum absolute atomic E-state index is 10.8. The van der Waals surface area contributed by atoms with Crippen LogP contribution in [-0.2, 0) is 0 Å². The van der Waals surface area contributed by atoms with Crippen LogP contribution in [0.2, 0.25) is 0 Å². The summed E-state index contributed by atoms with van der Waals surface area (Å²) >= 11 is 0. The number of aryl methyl sites for hydroxylation is 1. The molecule has 0 saturated carbocycles. The third-order valence-electron chi connectivity index (χ3n) is 2.74. The van der Waals surface area contributed by atoms with Crippen molar-refractivity contribution < 1.29 is 19.7 Å². The summed E-state index contributed by atoms with van der Waals surface area (Å²) in [7, 11) is 0. The lowest BCUT2D eigenvalue weighted by atomic mass is 10.1. The molecule has 17 heavy (non-hydrogen) atoms. The van der Waals surface area contributed by atoms with E-state index in [2.05, 4.69) is 0 Å². The molecule has 0 saturated heterocycles. The molecule has 0 fully saturated rings. The van der Waals surface area contributed by atoms with Crippen LogP contribution in [0.5, 0.6) is 5.75 Å². The van der Waals surface area contributed by atoms with Crippen LogP contribution < -0.4 is 4.74 Å². The van der Waals surface area contributed by atoms with Crippen LogP contribution >= 0.6 is 0 Å². The highest BCUT2D eigenvalue weighted by Gasteiger charge is 2.19. The number of ether oxygens (including phenoxy) is 1. The van der Waals surface area contributed by atoms with Gasteiger partial charge in [0.05, 0.1) is 11.2 Å². The van der Waals surface area contributed by atoms with Gasteiger partial charge >= 0.3 is 5.97 Å². The van der Waals surface area contributed by atoms with Crippen LogP contribution in [0.3, 0.4) is 0 Å². The lowest BCUT2D eigenvalue weighted by molar-refractivity contribution is 0.00826. The van der Waals surface area contributed by atoms with Crippen molar-refractivity contribution in [2.24, 2.45) is 0 Å². The first-order chi connectivity index (χ1) is 7.85. The molecular weight excluding hydrogens is 220 g/mol. The van der Waals surface area contributed by atoms with Gasteiger partial charge in [-0.3, -0.25) is 0 Å². The van der Waals surface area contributed by atoms with Crippen molar-refractivity contribution in [3.05, 3.63) is 29.3 Å². The van der Waals surface area contributed by atoms with Crippen LogP contribution in [-0.4, -0.2) is 28.4 Å². The van der Waals surface area contributed by atoms with Gasteiger partial charge in [-0.2, -0.15) is 0 Å². The van der Waals surface area contributed by atoms with Gasteiger partial charge in [0.2, 0.25) is 0 Å². The van der Waals surface area contributed by atoms with Crippen molar-refractivity contribution >= 4 is 5.97 Å². The van der Waals surface area contributed by atoms with Crippen molar-refractivity contribution in [1.82, 2.24) is 0 Å². The Morgan fingerprint density at radius 2 is 2.12 bits per heavy atom. The summed E-state index contributed by atoms with van der Waals surface area (Å²) in [6.07, 6.45) is 0.574. The zero-order valence-corrected chi connectivity index (χ0v) is 10.4. The van der Waals surface area contributed by atoms with Gasteiger partial charge in [0, 0.05) is 0 Å². The number of rotatable bonds is 5. The Morgan fingerprint density at radius 1 is 1.47 bits per heavy atom. The lowest BCUT2D eigenvalue weighted by Crippen LogP contribution is -2.31. The van der Waals surface area contributed by atoms with Crippen molar-refractivity contribution in [1.29, 1.82) is 0 Å². The molecule has 0 spiro atoms. The third kappa shape index (κ3) is 3.75. The Labute approximate surface area is 101 Å². The summed E-state index contributed by atoms with van der Waals surface area (Å²) in [5, 5.41) is 18.7. The molecule has 0 radical (unpaired) electrons. The Kier molecular flexibility index (Phi) is 4.12. The SMILES string of the molecule is CCC(C)(O)COc1cc(C(=O)O)ccc1C. The van der Waals surface area contributed by atoms with E-state index in [1.807, 2.05) is 13.8 Å². The van der Waals surface area contributed by atoms with E-state index < -0.39 is 11.6 Å². The van der Waals surface area contributed by atoms with Crippen LogP contribution in [0, 0.1) is 6.92 Å². The van der Waals surface area contributed by atoms with E-state index in [1.54, 1.807) is 13.0 Å². The monoisotopic (exact) mass is 238 g/mol. The Hall–Kier alpha value is -1.55. The second-order valence-electron chi connectivity index (χ2n) is 4.42. The van der Waals surface area contributed by atoms with Gasteiger partial charge in [-0.15, -0.1) is 0 Å². The molecule has 0 amide bonds. The number of carboxylic acid groups (broad SMARTS) is 1. The molecule has 4 heteroatoms. The minimum absolute atomic E-state index is 0.146. The molecule has 1 unspecified atom stereocenters. The molecule has 1 atom stereocenters. The predicted octanol–water partition coefficient (Wildman–Crippen LogP) is 2.23. The smallest absolute Gasteiger partial charge is 0.335 e. The van der Waals surface area contributed by atoms with E-state index >= 15 is 0 Å². The van der Waals surface area contributed by atoms with Crippen molar-refractivity contribution in [2.45, 2.75) is 32.8 Å². The summed E-state index contributed by atoms with van der Waals surface area (Å²) in [4.78, 5) is 10.8. The van der Waals surface area contributed by atoms with Gasteiger partial charge in [-0.25, -0.2) is 4.79 Å². The van der Waals surface area contributed by atoms with Gasteiger partial charge < -0.3 is 14.9 Å². The second kappa shape index (κ2) is 5.19. The Balaban J connectivity index is 2.83. The van der Waals surface area contributed by atoms with E-state index in [9.17, 15) is 9.90 Å². The average molecular weight is 238 g/mol. The summed E-state index contributed by atoms with van der Waals surface area (Å²) < 4.78 is 5.47. The van der Waals surface area contributed by atoms with Crippen LogP contribution in [0.4, 0.5) is 0 Å². The first-order valence-corrected chi connectivity index (χ1v) is 5.55. The zero-order chi connectivity index (χ0) is 13.1. The minimum Gasteiger partial charge on any atom is -0.490 e. The molecule has 4 nitrogen and oxygen atoms in total. The molecule has 0 aliphatic heterocycles. The average Bonchev–Trinajstić information content (AvgIpc) is 2.27. The molecule has 0 heterocycles. The number of carboxylic acids is 1. The van der Waals surface area contributed by atoms with Crippen LogP contribution in [0.15, 0.2) is 18.2 Å². The van der Waals surface area contributed by atoms with Crippen molar-refractivity contribution in [2.75, 3.05) is 6.61 Å². The Morgan fingerprint density at radius 3 is 2.65 bits per heavy atom. The van der Waals surface area contributed by atoms with E-state index in [4.69, 9.17) is 9.84 Å². The highest BCUT2D eigenvalue weighted by molar-refractivity contribution is 5.88. The molecule has 0 aliphatic carbocycles. The topological polar surface area (TPSA) is 66.8 Å². The normalized spacial score (nSPS) is 14.1. The Bertz CT molecular complexity index is 410. The third-order valence-corrected chi connectivity index (χ3v) is 2.74. The van der Waals surface area contributed by atoms with Crippen LogP contribution in [0.25, 0.3) is 0 Å². The molecule has 2 N–H and O–H groups in total. The first kappa shape index (κ1) is 13.5. The largest absolute Gasteiger partial charge is 0.490 e. The standard InChI is InChI=1S/C13H18O4/c1-4-13(3,16)8-17-11-7-10(12(14)15)6-5-9(11)2/h5-7,16H,4,8H2,1-3H3,(H,14,15). The highest BCUT2D eigenvalue weighted by atomic mass is 16.5. The summed E-state index contributed by atoms with van der Waals surface area (Å²) in [5.74, 6) is -0.490. The number of aliphatic hydroxyl groups is 1. The van der Waals surface area contributed by atoms with Gasteiger partial charge in [0.1, 0.15) is 12.4 Å². The van der Waals surface area contributed by atoms with E-state index in [0.717, 1.165) is 5.56 Å². The quantitative estimate of drug-likeness (QED) is 0.825. The van der Waals surface area contributed by atoms with E-state index in [0.29, 0.717) is 12.2 Å². The highest BCUT2D eigenvalue weighted by Crippen LogP contribution is 2.21. The van der Waals surface area contributed by atoms with Gasteiger partial charge in [-0.1, -0.05) is 13.0 Å². The molecule has 1 aromatic rings. The van der Waals surface area contributed by atoms with E-state index in [-0.39, 0.29) is 12.2 Å². The van der Waals surface area contributed by atoms with Crippen molar-refractivity contribution in [3.8, 4) is 5.75 Å². The predicted molar refractivity (Wildman–Crippen MR) is 64.5 cm³/mol. The molecule has 0 bridgehead atoms. The maximum atomic E-state index is 10.8. The second-order valence-corrected chi connectivity index (χ2v) is 4.42. The van der Waals surface area contributed by atoms with Gasteiger partial charge in [0.15, 0.2) is 0 Å². The molecule has 0 aromatic heterocycles. The van der Waals surface area contributed by atoms with Crippen LogP contribution in [0.1, 0.15) is 36.2 Å². The molecular formula is C13H18O4. The number of hydrogen-bond donors (Lipinski definition) is 2. The molecule has 1 aromatic carbocycles. The summed E-state index contributed by atoms with van der Waals surface area (Å²) in [5.41, 5.74) is 0.134. The number of carbonyl (C=O) groups is 1. The fourth-order valence-corrected chi connectivity index (χ4v) is 1.22. The number of hydrogen-bond acceptors (Lipinski definition) is 3. The maximum Gasteiger partial charge on any atom is 0.335 e. The number of benzene rings is 1. The lowest BCUT2D eigenvalue weighted by Gasteiger charge is -2.22. The van der Waals surface area contributed by atoms with Gasteiger partial charge in [0.25, 0.3) is 0 Å². The van der Waals surface area contributed by atoms with Crippen molar-refractivity contribution in [3.63, 3.8) is 0 Å². The zero-order valence-electron chi connectivity index (χ0n) is 10.4. The van der Waals surface area contributed by atoms with Gasteiger partial charge in [-0.05, 0) is 38.0 Å².